The molecule has 126 valence electrons. The van der Waals surface area contributed by atoms with E-state index in [0.717, 1.165) is 12.8 Å². The van der Waals surface area contributed by atoms with Crippen molar-refractivity contribution in [1.29, 1.82) is 0 Å². The van der Waals surface area contributed by atoms with E-state index in [1.54, 1.807) is 0 Å². The van der Waals surface area contributed by atoms with E-state index in [2.05, 4.69) is 5.32 Å². The van der Waals surface area contributed by atoms with Crippen LogP contribution in [0.25, 0.3) is 0 Å². The fourth-order valence-corrected chi connectivity index (χ4v) is 3.75. The van der Waals surface area contributed by atoms with Gasteiger partial charge >= 0.3 is 6.18 Å². The third-order valence-corrected chi connectivity index (χ3v) is 5.18. The smallest absolute Gasteiger partial charge is 0.314 e. The van der Waals surface area contributed by atoms with Crippen molar-refractivity contribution in [2.24, 2.45) is 11.8 Å². The second-order valence-electron chi connectivity index (χ2n) is 6.14. The lowest BCUT2D eigenvalue weighted by Gasteiger charge is -2.36. The van der Waals surface area contributed by atoms with E-state index < -0.39 is 21.9 Å². The molecule has 1 rings (SSSR count). The van der Waals surface area contributed by atoms with Gasteiger partial charge in [0.05, 0.1) is 11.7 Å². The molecule has 1 aliphatic carbocycles. The Balaban J connectivity index is 2.67. The van der Waals surface area contributed by atoms with Crippen molar-refractivity contribution < 1.29 is 21.6 Å². The molecule has 0 heterocycles. The highest BCUT2D eigenvalue weighted by molar-refractivity contribution is 7.90. The van der Waals surface area contributed by atoms with Gasteiger partial charge in [0.1, 0.15) is 9.84 Å². The Morgan fingerprint density at radius 2 is 1.95 bits per heavy atom. The van der Waals surface area contributed by atoms with E-state index >= 15 is 0 Å². The maximum Gasteiger partial charge on any atom is 0.391 e. The van der Waals surface area contributed by atoms with Crippen LogP contribution in [0, 0.1) is 11.8 Å². The number of sulfone groups is 1. The highest BCUT2D eigenvalue weighted by Gasteiger charge is 2.43. The predicted molar refractivity (Wildman–Crippen MR) is 77.9 cm³/mol. The quantitative estimate of drug-likeness (QED) is 0.780. The summed E-state index contributed by atoms with van der Waals surface area (Å²) in [5.74, 6) is -1.29. The average molecular weight is 329 g/mol. The van der Waals surface area contributed by atoms with Gasteiger partial charge in [-0.25, -0.2) is 8.42 Å². The molecule has 0 aromatic heterocycles. The van der Waals surface area contributed by atoms with Crippen LogP contribution >= 0.6 is 0 Å². The first-order chi connectivity index (χ1) is 9.63. The first-order valence-corrected chi connectivity index (χ1v) is 9.67. The van der Waals surface area contributed by atoms with Crippen molar-refractivity contribution in [3.8, 4) is 0 Å². The molecule has 21 heavy (non-hydrogen) atoms. The van der Waals surface area contributed by atoms with Crippen molar-refractivity contribution in [2.45, 2.75) is 57.7 Å². The second-order valence-corrected chi connectivity index (χ2v) is 8.40. The first-order valence-electron chi connectivity index (χ1n) is 7.61. The molecule has 0 bridgehead atoms. The van der Waals surface area contributed by atoms with Crippen LogP contribution in [0.1, 0.15) is 45.4 Å². The summed E-state index contributed by atoms with van der Waals surface area (Å²) in [6, 6.07) is -0.134. The molecular formula is C14H26F3NO2S. The lowest BCUT2D eigenvalue weighted by atomic mass is 9.77. The van der Waals surface area contributed by atoms with Crippen molar-refractivity contribution >= 4 is 9.84 Å². The van der Waals surface area contributed by atoms with Gasteiger partial charge in [0.15, 0.2) is 0 Å². The zero-order chi connectivity index (χ0) is 16.1. The fraction of sp³-hybridized carbons (Fsp3) is 1.00. The van der Waals surface area contributed by atoms with Gasteiger partial charge in [0, 0.05) is 12.3 Å². The summed E-state index contributed by atoms with van der Waals surface area (Å²) < 4.78 is 61.3. The van der Waals surface area contributed by atoms with Crippen molar-refractivity contribution in [2.75, 3.05) is 18.6 Å². The molecule has 0 aromatic rings. The Bertz CT molecular complexity index is 409. The summed E-state index contributed by atoms with van der Waals surface area (Å²) in [4.78, 5) is 0. The predicted octanol–water partition coefficient (Wildman–Crippen LogP) is 3.16. The molecule has 0 amide bonds. The van der Waals surface area contributed by atoms with E-state index in [1.165, 1.54) is 6.26 Å². The van der Waals surface area contributed by atoms with Gasteiger partial charge in [-0.05, 0) is 44.6 Å². The molecule has 0 spiro atoms. The SMILES string of the molecule is CCCNC(CCS(C)(=O)=O)C1CCCC(C(F)(F)F)C1. The van der Waals surface area contributed by atoms with E-state index in [4.69, 9.17) is 0 Å². The average Bonchev–Trinajstić information content (AvgIpc) is 2.37. The van der Waals surface area contributed by atoms with Gasteiger partial charge < -0.3 is 5.32 Å². The van der Waals surface area contributed by atoms with Crippen molar-refractivity contribution in [3.05, 3.63) is 0 Å². The number of alkyl halides is 3. The third-order valence-electron chi connectivity index (χ3n) is 4.20. The lowest BCUT2D eigenvalue weighted by molar-refractivity contribution is -0.186. The monoisotopic (exact) mass is 329 g/mol. The minimum atomic E-state index is -4.13. The van der Waals surface area contributed by atoms with E-state index in [9.17, 15) is 21.6 Å². The van der Waals surface area contributed by atoms with Crippen LogP contribution in [0.4, 0.5) is 13.2 Å². The molecule has 1 N–H and O–H groups in total. The highest BCUT2D eigenvalue weighted by atomic mass is 32.2. The standard InChI is InChI=1S/C14H26F3NO2S/c1-3-8-18-13(7-9-21(2,19)20)11-5-4-6-12(10-11)14(15,16)17/h11-13,18H,3-10H2,1-2H3. The molecular weight excluding hydrogens is 303 g/mol. The molecule has 0 aromatic carbocycles. The van der Waals surface area contributed by atoms with Crippen LogP contribution in [-0.2, 0) is 9.84 Å². The van der Waals surface area contributed by atoms with Crippen molar-refractivity contribution in [1.82, 2.24) is 5.32 Å². The van der Waals surface area contributed by atoms with E-state index in [-0.39, 0.29) is 30.6 Å². The molecule has 1 aliphatic rings. The Morgan fingerprint density at radius 3 is 2.48 bits per heavy atom. The topological polar surface area (TPSA) is 46.2 Å². The number of hydrogen-bond donors (Lipinski definition) is 1. The molecule has 3 atom stereocenters. The number of hydrogen-bond acceptors (Lipinski definition) is 3. The molecule has 0 aliphatic heterocycles. The normalized spacial score (nSPS) is 25.8. The fourth-order valence-electron chi connectivity index (χ4n) is 3.07. The molecule has 7 heteroatoms. The first kappa shape index (κ1) is 18.7. The van der Waals surface area contributed by atoms with E-state index in [0.29, 0.717) is 19.4 Å². The summed E-state index contributed by atoms with van der Waals surface area (Å²) in [5.41, 5.74) is 0. The van der Waals surface area contributed by atoms with Gasteiger partial charge in [-0.1, -0.05) is 13.3 Å². The van der Waals surface area contributed by atoms with Crippen LogP contribution in [0.15, 0.2) is 0 Å². The van der Waals surface area contributed by atoms with Gasteiger partial charge in [-0.15, -0.1) is 0 Å². The summed E-state index contributed by atoms with van der Waals surface area (Å²) >= 11 is 0. The van der Waals surface area contributed by atoms with Gasteiger partial charge in [-0.2, -0.15) is 13.2 Å². The van der Waals surface area contributed by atoms with Gasteiger partial charge in [-0.3, -0.25) is 0 Å². The zero-order valence-electron chi connectivity index (χ0n) is 12.7. The molecule has 0 radical (unpaired) electrons. The Kier molecular flexibility index (Phi) is 6.97. The molecule has 1 saturated carbocycles. The largest absolute Gasteiger partial charge is 0.391 e. The minimum Gasteiger partial charge on any atom is -0.314 e. The Labute approximate surface area is 125 Å². The van der Waals surface area contributed by atoms with Crippen LogP contribution in [-0.4, -0.2) is 39.2 Å². The highest BCUT2D eigenvalue weighted by Crippen LogP contribution is 2.41. The number of nitrogens with one attached hydrogen (secondary N) is 1. The molecule has 1 fully saturated rings. The third kappa shape index (κ3) is 7.00. The van der Waals surface area contributed by atoms with Gasteiger partial charge in [0.25, 0.3) is 0 Å². The van der Waals surface area contributed by atoms with Crippen LogP contribution in [0.5, 0.6) is 0 Å². The lowest BCUT2D eigenvalue weighted by Crippen LogP contribution is -2.42. The zero-order valence-corrected chi connectivity index (χ0v) is 13.6. The van der Waals surface area contributed by atoms with Crippen molar-refractivity contribution in [3.63, 3.8) is 0 Å². The van der Waals surface area contributed by atoms with Crippen LogP contribution in [0.3, 0.4) is 0 Å². The Hall–Kier alpha value is -0.300. The minimum absolute atomic E-state index is 0.0293. The molecule has 3 nitrogen and oxygen atoms in total. The van der Waals surface area contributed by atoms with Gasteiger partial charge in [0.2, 0.25) is 0 Å². The summed E-state index contributed by atoms with van der Waals surface area (Å²) in [6.07, 6.45) is -0.0517. The second kappa shape index (κ2) is 7.81. The van der Waals surface area contributed by atoms with Crippen LogP contribution in [0.2, 0.25) is 0 Å². The Morgan fingerprint density at radius 1 is 1.29 bits per heavy atom. The van der Waals surface area contributed by atoms with Crippen LogP contribution < -0.4 is 5.32 Å². The van der Waals surface area contributed by atoms with E-state index in [1.807, 2.05) is 6.92 Å². The molecule has 3 unspecified atom stereocenters. The maximum atomic E-state index is 12.9. The summed E-state index contributed by atoms with van der Waals surface area (Å²) in [6.45, 7) is 2.70. The summed E-state index contributed by atoms with van der Waals surface area (Å²) in [7, 11) is -3.09. The number of rotatable bonds is 7. The molecule has 0 saturated heterocycles. The summed E-state index contributed by atoms with van der Waals surface area (Å²) in [5, 5.41) is 3.25. The maximum absolute atomic E-state index is 12.9. The number of halogens is 3.